The molecule has 1 aliphatic carbocycles. The van der Waals surface area contributed by atoms with Crippen LogP contribution < -0.4 is 9.80 Å². The molecule has 1 fully saturated rings. The largest absolute Gasteiger partial charge is 0.372 e. The second-order valence-corrected chi connectivity index (χ2v) is 9.71. The van der Waals surface area contributed by atoms with Crippen molar-refractivity contribution in [3.05, 3.63) is 59.7 Å². The average molecular weight is 435 g/mol. The van der Waals surface area contributed by atoms with Gasteiger partial charge in [0, 0.05) is 43.0 Å². The van der Waals surface area contributed by atoms with Crippen molar-refractivity contribution in [2.75, 3.05) is 36.0 Å². The summed E-state index contributed by atoms with van der Waals surface area (Å²) in [6.07, 6.45) is 11.4. The lowest BCUT2D eigenvalue weighted by atomic mass is 9.65. The van der Waals surface area contributed by atoms with Gasteiger partial charge in [0.05, 0.1) is 0 Å². The van der Waals surface area contributed by atoms with Crippen molar-refractivity contribution in [1.29, 1.82) is 0 Å². The van der Waals surface area contributed by atoms with Crippen LogP contribution >= 0.6 is 0 Å². The zero-order valence-corrected chi connectivity index (χ0v) is 21.2. The minimum Gasteiger partial charge on any atom is -0.372 e. The Morgan fingerprint density at radius 2 is 0.875 bits per heavy atom. The third-order valence-electron chi connectivity index (χ3n) is 7.25. The van der Waals surface area contributed by atoms with Crippen molar-refractivity contribution in [3.8, 4) is 0 Å². The Hall–Kier alpha value is -1.96. The lowest BCUT2D eigenvalue weighted by Gasteiger charge is -2.39. The summed E-state index contributed by atoms with van der Waals surface area (Å²) in [5, 5.41) is 0. The number of hydrogen-bond acceptors (Lipinski definition) is 2. The van der Waals surface area contributed by atoms with Crippen LogP contribution in [0.2, 0.25) is 0 Å². The van der Waals surface area contributed by atoms with E-state index >= 15 is 0 Å². The molecule has 0 radical (unpaired) electrons. The van der Waals surface area contributed by atoms with E-state index in [0.29, 0.717) is 0 Å². The molecule has 176 valence electrons. The number of rotatable bonds is 12. The van der Waals surface area contributed by atoms with Crippen LogP contribution in [0.15, 0.2) is 48.5 Å². The highest BCUT2D eigenvalue weighted by molar-refractivity contribution is 5.53. The summed E-state index contributed by atoms with van der Waals surface area (Å²) < 4.78 is 0. The minimum absolute atomic E-state index is 0.177. The minimum atomic E-state index is 0.177. The molecule has 0 amide bonds. The monoisotopic (exact) mass is 434 g/mol. The fraction of sp³-hybridized carbons (Fsp3) is 0.600. The van der Waals surface area contributed by atoms with Crippen molar-refractivity contribution >= 4 is 11.4 Å². The molecule has 0 unspecified atom stereocenters. The van der Waals surface area contributed by atoms with Gasteiger partial charge in [-0.1, -0.05) is 71.2 Å². The lowest BCUT2D eigenvalue weighted by Crippen LogP contribution is -2.31. The maximum absolute atomic E-state index is 2.54. The highest BCUT2D eigenvalue weighted by Gasteiger charge is 2.35. The molecule has 32 heavy (non-hydrogen) atoms. The van der Waals surface area contributed by atoms with E-state index in [9.17, 15) is 0 Å². The summed E-state index contributed by atoms with van der Waals surface area (Å²) in [6.45, 7) is 13.7. The molecule has 0 atom stereocenters. The third-order valence-corrected chi connectivity index (χ3v) is 7.25. The first-order valence-electron chi connectivity index (χ1n) is 13.4. The molecule has 2 heteroatoms. The molecule has 0 aromatic heterocycles. The van der Waals surface area contributed by atoms with Gasteiger partial charge in [-0.15, -0.1) is 0 Å². The van der Waals surface area contributed by atoms with Crippen molar-refractivity contribution in [2.24, 2.45) is 0 Å². The quantitative estimate of drug-likeness (QED) is 0.332. The molecule has 3 rings (SSSR count). The Kier molecular flexibility index (Phi) is 9.51. The van der Waals surface area contributed by atoms with Crippen molar-refractivity contribution in [3.63, 3.8) is 0 Å². The molecule has 0 aliphatic heterocycles. The van der Waals surface area contributed by atoms with Crippen LogP contribution in [0.3, 0.4) is 0 Å². The molecule has 1 saturated carbocycles. The Morgan fingerprint density at radius 1 is 0.531 bits per heavy atom. The Balaban J connectivity index is 1.90. The van der Waals surface area contributed by atoms with Crippen LogP contribution in [0.4, 0.5) is 11.4 Å². The maximum Gasteiger partial charge on any atom is 0.0366 e. The summed E-state index contributed by atoms with van der Waals surface area (Å²) >= 11 is 0. The fourth-order valence-corrected chi connectivity index (χ4v) is 5.70. The van der Waals surface area contributed by atoms with E-state index in [1.807, 2.05) is 0 Å². The van der Waals surface area contributed by atoms with Gasteiger partial charge in [-0.3, -0.25) is 0 Å². The first kappa shape index (κ1) is 24.7. The number of anilines is 2. The van der Waals surface area contributed by atoms with E-state index in [4.69, 9.17) is 0 Å². The van der Waals surface area contributed by atoms with Gasteiger partial charge >= 0.3 is 0 Å². The summed E-state index contributed by atoms with van der Waals surface area (Å²) in [7, 11) is 0. The molecule has 0 spiro atoms. The summed E-state index contributed by atoms with van der Waals surface area (Å²) in [4.78, 5) is 5.09. The molecule has 2 nitrogen and oxygen atoms in total. The highest BCUT2D eigenvalue weighted by atomic mass is 15.1. The van der Waals surface area contributed by atoms with Crippen LogP contribution in [-0.2, 0) is 5.41 Å². The van der Waals surface area contributed by atoms with Gasteiger partial charge in [-0.25, -0.2) is 0 Å². The molecular formula is C30H46N2. The zero-order valence-electron chi connectivity index (χ0n) is 21.2. The van der Waals surface area contributed by atoms with Gasteiger partial charge in [0.25, 0.3) is 0 Å². The number of hydrogen-bond donors (Lipinski definition) is 0. The molecule has 2 aromatic carbocycles. The van der Waals surface area contributed by atoms with E-state index in [1.54, 1.807) is 0 Å². The summed E-state index contributed by atoms with van der Waals surface area (Å²) in [6, 6.07) is 19.3. The standard InChI is InChI=1S/C30H46N2/c1-5-22-31(23-6-2)28-16-12-26(13-17-28)30(20-10-9-11-21-30)27-14-18-29(19-15-27)32(24-7-3)25-8-4/h12-19H,5-11,20-25H2,1-4H3. The van der Waals surface area contributed by atoms with E-state index in [-0.39, 0.29) is 5.41 Å². The predicted octanol–water partition coefficient (Wildman–Crippen LogP) is 8.19. The molecule has 2 aromatic rings. The van der Waals surface area contributed by atoms with Gasteiger partial charge in [0.1, 0.15) is 0 Å². The molecule has 0 saturated heterocycles. The predicted molar refractivity (Wildman–Crippen MR) is 142 cm³/mol. The highest BCUT2D eigenvalue weighted by Crippen LogP contribution is 2.45. The number of benzene rings is 2. The smallest absolute Gasteiger partial charge is 0.0366 e. The molecular weight excluding hydrogens is 388 g/mol. The van der Waals surface area contributed by atoms with Crippen molar-refractivity contribution in [2.45, 2.75) is 90.9 Å². The SMILES string of the molecule is CCCN(CCC)c1ccc(C2(c3ccc(N(CCC)CCC)cc3)CCCCC2)cc1. The normalized spacial score (nSPS) is 15.5. The third kappa shape index (κ3) is 5.69. The van der Waals surface area contributed by atoms with Crippen LogP contribution in [0.25, 0.3) is 0 Å². The summed E-state index contributed by atoms with van der Waals surface area (Å²) in [5.74, 6) is 0. The van der Waals surface area contributed by atoms with E-state index in [2.05, 4.69) is 86.0 Å². The number of nitrogens with zero attached hydrogens (tertiary/aromatic N) is 2. The van der Waals surface area contributed by atoms with Crippen LogP contribution in [0.1, 0.15) is 96.6 Å². The van der Waals surface area contributed by atoms with E-state index in [0.717, 1.165) is 26.2 Å². The van der Waals surface area contributed by atoms with Gasteiger partial charge in [-0.05, 0) is 73.9 Å². The first-order chi connectivity index (χ1) is 15.7. The van der Waals surface area contributed by atoms with Crippen molar-refractivity contribution < 1.29 is 0 Å². The second kappa shape index (κ2) is 12.3. The van der Waals surface area contributed by atoms with Gasteiger partial charge in [0.15, 0.2) is 0 Å². The van der Waals surface area contributed by atoms with Gasteiger partial charge in [0.2, 0.25) is 0 Å². The molecule has 0 bridgehead atoms. The van der Waals surface area contributed by atoms with E-state index < -0.39 is 0 Å². The Bertz CT molecular complexity index is 698. The van der Waals surface area contributed by atoms with Crippen molar-refractivity contribution in [1.82, 2.24) is 0 Å². The fourth-order valence-electron chi connectivity index (χ4n) is 5.70. The second-order valence-electron chi connectivity index (χ2n) is 9.71. The lowest BCUT2D eigenvalue weighted by molar-refractivity contribution is 0.346. The topological polar surface area (TPSA) is 6.48 Å². The maximum atomic E-state index is 2.54. The Labute approximate surface area is 198 Å². The first-order valence-corrected chi connectivity index (χ1v) is 13.4. The van der Waals surface area contributed by atoms with Gasteiger partial charge < -0.3 is 9.80 Å². The van der Waals surface area contributed by atoms with Crippen LogP contribution in [0.5, 0.6) is 0 Å². The van der Waals surface area contributed by atoms with E-state index in [1.165, 1.54) is 80.3 Å². The molecule has 0 heterocycles. The Morgan fingerprint density at radius 3 is 1.19 bits per heavy atom. The average Bonchev–Trinajstić information content (AvgIpc) is 2.84. The van der Waals surface area contributed by atoms with Gasteiger partial charge in [-0.2, -0.15) is 0 Å². The van der Waals surface area contributed by atoms with Crippen LogP contribution in [-0.4, -0.2) is 26.2 Å². The molecule has 1 aliphatic rings. The van der Waals surface area contributed by atoms with Crippen LogP contribution in [0, 0.1) is 0 Å². The zero-order chi connectivity index (χ0) is 22.8. The summed E-state index contributed by atoms with van der Waals surface area (Å²) in [5.41, 5.74) is 5.97. The molecule has 0 N–H and O–H groups in total.